The maximum atomic E-state index is 13.9. The van der Waals surface area contributed by atoms with Crippen LogP contribution in [0, 0.1) is 12.7 Å². The molecule has 1 aromatic rings. The number of hydrogen-bond donors (Lipinski definition) is 0. The van der Waals surface area contributed by atoms with Gasteiger partial charge in [0.05, 0.1) is 5.02 Å². The summed E-state index contributed by atoms with van der Waals surface area (Å²) in [5.74, 6) is -0.467. The predicted molar refractivity (Wildman–Crippen MR) is 59.8 cm³/mol. The summed E-state index contributed by atoms with van der Waals surface area (Å²) in [6.45, 7) is 1.84. The SMILES string of the molecule is Cc1cc(Cl)c(F)c(C2(N=C=O)CCC2)c1. The van der Waals surface area contributed by atoms with Crippen LogP contribution in [0.15, 0.2) is 17.1 Å². The van der Waals surface area contributed by atoms with Gasteiger partial charge in [0.1, 0.15) is 11.4 Å². The van der Waals surface area contributed by atoms with Gasteiger partial charge < -0.3 is 0 Å². The largest absolute Gasteiger partial charge is 0.235 e. The Labute approximate surface area is 98.1 Å². The molecule has 1 saturated carbocycles. The van der Waals surface area contributed by atoms with Gasteiger partial charge in [0, 0.05) is 5.56 Å². The van der Waals surface area contributed by atoms with E-state index in [1.54, 1.807) is 18.2 Å². The molecule has 4 heteroatoms. The summed E-state index contributed by atoms with van der Waals surface area (Å²) < 4.78 is 13.9. The van der Waals surface area contributed by atoms with E-state index in [0.717, 1.165) is 12.0 Å². The molecule has 1 fully saturated rings. The van der Waals surface area contributed by atoms with E-state index in [2.05, 4.69) is 4.99 Å². The Morgan fingerprint density at radius 3 is 2.69 bits per heavy atom. The van der Waals surface area contributed by atoms with Crippen LogP contribution in [0.5, 0.6) is 0 Å². The van der Waals surface area contributed by atoms with E-state index in [4.69, 9.17) is 11.6 Å². The average Bonchev–Trinajstić information content (AvgIpc) is 2.17. The number of carbonyl (C=O) groups excluding carboxylic acids is 1. The van der Waals surface area contributed by atoms with Crippen molar-refractivity contribution in [3.05, 3.63) is 34.1 Å². The van der Waals surface area contributed by atoms with Crippen LogP contribution < -0.4 is 0 Å². The minimum atomic E-state index is -0.721. The Bertz CT molecular complexity index is 476. The highest BCUT2D eigenvalue weighted by Gasteiger charge is 2.41. The van der Waals surface area contributed by atoms with E-state index in [-0.39, 0.29) is 5.02 Å². The Kier molecular flexibility index (Phi) is 2.83. The maximum Gasteiger partial charge on any atom is 0.235 e. The molecule has 1 aromatic carbocycles. The minimum Gasteiger partial charge on any atom is -0.211 e. The minimum absolute atomic E-state index is 0.0855. The number of isocyanates is 1. The van der Waals surface area contributed by atoms with Gasteiger partial charge in [-0.15, -0.1) is 0 Å². The molecule has 0 aromatic heterocycles. The molecule has 2 nitrogen and oxygen atoms in total. The highest BCUT2D eigenvalue weighted by Crippen LogP contribution is 2.46. The van der Waals surface area contributed by atoms with Crippen LogP contribution in [0.4, 0.5) is 4.39 Å². The van der Waals surface area contributed by atoms with Crippen LogP contribution in [-0.2, 0) is 10.3 Å². The number of halogens is 2. The van der Waals surface area contributed by atoms with E-state index in [1.165, 1.54) is 0 Å². The van der Waals surface area contributed by atoms with E-state index >= 15 is 0 Å². The lowest BCUT2D eigenvalue weighted by Gasteiger charge is -2.37. The summed E-state index contributed by atoms with van der Waals surface area (Å²) in [5, 5.41) is 0.0855. The first-order valence-corrected chi connectivity index (χ1v) is 5.52. The van der Waals surface area contributed by atoms with Crippen LogP contribution in [0.25, 0.3) is 0 Å². The van der Waals surface area contributed by atoms with Crippen molar-refractivity contribution in [2.45, 2.75) is 31.7 Å². The molecule has 0 spiro atoms. The van der Waals surface area contributed by atoms with Crippen molar-refractivity contribution in [1.82, 2.24) is 0 Å². The summed E-state index contributed by atoms with van der Waals surface area (Å²) in [6, 6.07) is 3.28. The van der Waals surface area contributed by atoms with Gasteiger partial charge in [-0.05, 0) is 37.8 Å². The first-order chi connectivity index (χ1) is 7.59. The molecule has 0 atom stereocenters. The normalized spacial score (nSPS) is 17.4. The summed E-state index contributed by atoms with van der Waals surface area (Å²) >= 11 is 5.79. The third kappa shape index (κ3) is 1.66. The van der Waals surface area contributed by atoms with Gasteiger partial charge in [-0.3, -0.25) is 0 Å². The van der Waals surface area contributed by atoms with Crippen molar-refractivity contribution < 1.29 is 9.18 Å². The Morgan fingerprint density at radius 1 is 1.50 bits per heavy atom. The van der Waals surface area contributed by atoms with Gasteiger partial charge in [-0.25, -0.2) is 9.18 Å². The first-order valence-electron chi connectivity index (χ1n) is 5.14. The number of hydrogen-bond acceptors (Lipinski definition) is 2. The molecule has 0 heterocycles. The van der Waals surface area contributed by atoms with Crippen molar-refractivity contribution in [2.75, 3.05) is 0 Å². The molecule has 0 saturated heterocycles. The van der Waals surface area contributed by atoms with Gasteiger partial charge in [-0.1, -0.05) is 17.7 Å². The fraction of sp³-hybridized carbons (Fsp3) is 0.417. The van der Waals surface area contributed by atoms with Gasteiger partial charge in [0.15, 0.2) is 0 Å². The lowest BCUT2D eigenvalue weighted by molar-refractivity contribution is 0.247. The van der Waals surface area contributed by atoms with Crippen LogP contribution in [0.1, 0.15) is 30.4 Å². The molecule has 0 amide bonds. The quantitative estimate of drug-likeness (QED) is 0.574. The molecule has 0 aliphatic heterocycles. The van der Waals surface area contributed by atoms with Crippen molar-refractivity contribution in [3.8, 4) is 0 Å². The monoisotopic (exact) mass is 239 g/mol. The van der Waals surface area contributed by atoms with E-state index in [0.29, 0.717) is 18.4 Å². The first kappa shape index (κ1) is 11.3. The van der Waals surface area contributed by atoms with Crippen LogP contribution in [0.3, 0.4) is 0 Å². The zero-order valence-electron chi connectivity index (χ0n) is 8.89. The Balaban J connectivity index is 2.58. The molecule has 1 aliphatic rings. The molecule has 16 heavy (non-hydrogen) atoms. The fourth-order valence-corrected chi connectivity index (χ4v) is 2.38. The highest BCUT2D eigenvalue weighted by molar-refractivity contribution is 6.30. The summed E-state index contributed by atoms with van der Waals surface area (Å²) in [6.07, 6.45) is 3.84. The fourth-order valence-electron chi connectivity index (χ4n) is 2.10. The lowest BCUT2D eigenvalue weighted by atomic mass is 9.72. The number of aliphatic imine (C=N–C) groups is 1. The summed E-state index contributed by atoms with van der Waals surface area (Å²) in [5.41, 5.74) is 0.572. The lowest BCUT2D eigenvalue weighted by Crippen LogP contribution is -2.33. The second-order valence-corrected chi connectivity index (χ2v) is 4.60. The van der Waals surface area contributed by atoms with Crippen molar-refractivity contribution in [2.24, 2.45) is 4.99 Å². The zero-order valence-corrected chi connectivity index (χ0v) is 9.64. The third-order valence-electron chi connectivity index (χ3n) is 3.11. The smallest absolute Gasteiger partial charge is 0.211 e. The van der Waals surface area contributed by atoms with Crippen molar-refractivity contribution >= 4 is 17.7 Å². The summed E-state index contributed by atoms with van der Waals surface area (Å²) in [4.78, 5) is 14.2. The van der Waals surface area contributed by atoms with Gasteiger partial charge in [0.2, 0.25) is 6.08 Å². The second-order valence-electron chi connectivity index (χ2n) is 4.20. The Morgan fingerprint density at radius 2 is 2.19 bits per heavy atom. The molecular weight excluding hydrogens is 229 g/mol. The van der Waals surface area contributed by atoms with E-state index < -0.39 is 11.4 Å². The number of rotatable bonds is 2. The van der Waals surface area contributed by atoms with E-state index in [1.807, 2.05) is 6.92 Å². The van der Waals surface area contributed by atoms with Gasteiger partial charge in [-0.2, -0.15) is 4.99 Å². The molecule has 0 unspecified atom stereocenters. The number of benzene rings is 1. The van der Waals surface area contributed by atoms with E-state index in [9.17, 15) is 9.18 Å². The maximum absolute atomic E-state index is 13.9. The molecule has 2 rings (SSSR count). The Hall–Kier alpha value is -1.18. The molecule has 0 radical (unpaired) electrons. The molecule has 1 aliphatic carbocycles. The van der Waals surface area contributed by atoms with Gasteiger partial charge in [0.25, 0.3) is 0 Å². The number of nitrogens with zero attached hydrogens (tertiary/aromatic N) is 1. The van der Waals surface area contributed by atoms with Crippen LogP contribution in [0.2, 0.25) is 5.02 Å². The molecule has 0 N–H and O–H groups in total. The molecule has 84 valence electrons. The molecule has 0 bridgehead atoms. The number of aryl methyl sites for hydroxylation is 1. The van der Waals surface area contributed by atoms with Crippen LogP contribution in [-0.4, -0.2) is 6.08 Å². The van der Waals surface area contributed by atoms with Crippen molar-refractivity contribution in [3.63, 3.8) is 0 Å². The average molecular weight is 240 g/mol. The predicted octanol–water partition coefficient (Wildman–Crippen LogP) is 3.50. The van der Waals surface area contributed by atoms with Crippen molar-refractivity contribution in [1.29, 1.82) is 0 Å². The topological polar surface area (TPSA) is 29.4 Å². The third-order valence-corrected chi connectivity index (χ3v) is 3.39. The van der Waals surface area contributed by atoms with Gasteiger partial charge >= 0.3 is 0 Å². The highest BCUT2D eigenvalue weighted by atomic mass is 35.5. The standard InChI is InChI=1S/C12H11ClFNO/c1-8-5-9(11(14)10(13)6-8)12(15-7-16)3-2-4-12/h5-6H,2-4H2,1H3. The zero-order chi connectivity index (χ0) is 11.8. The summed E-state index contributed by atoms with van der Waals surface area (Å²) in [7, 11) is 0. The molecular formula is C12H11ClFNO. The second kappa shape index (κ2) is 4.00. The van der Waals surface area contributed by atoms with Crippen LogP contribution >= 0.6 is 11.6 Å².